The maximum atomic E-state index is 5.89. The van der Waals surface area contributed by atoms with Crippen LogP contribution >= 0.6 is 0 Å². The van der Waals surface area contributed by atoms with E-state index in [0.29, 0.717) is 16.5 Å². The van der Waals surface area contributed by atoms with Gasteiger partial charge in [-0.3, -0.25) is 9.55 Å². The highest BCUT2D eigenvalue weighted by Gasteiger charge is 2.01. The third kappa shape index (κ3) is 6.91. The lowest BCUT2D eigenvalue weighted by Crippen LogP contribution is -2.32. The molecule has 0 saturated carbocycles. The standard InChI is InChI=1S/C13H15N5.C7H16/c1-9(2)17-13(14)12-10(3)18(8-16-12)11-4-6-15-7-5-11;1-3-5-7-6-4-2/h4-8H,3,14H2,1-2H3;3-7H2,1-2H3/b13-12+;. The number of aromatic nitrogens is 3. The summed E-state index contributed by atoms with van der Waals surface area (Å²) in [4.78, 5) is 12.4. The maximum absolute atomic E-state index is 5.89. The summed E-state index contributed by atoms with van der Waals surface area (Å²) in [5, 5.41) is 1.32. The van der Waals surface area contributed by atoms with Crippen LogP contribution in [0.15, 0.2) is 35.8 Å². The molecule has 2 aromatic rings. The van der Waals surface area contributed by atoms with E-state index in [1.54, 1.807) is 18.7 Å². The van der Waals surface area contributed by atoms with Gasteiger partial charge in [-0.25, -0.2) is 9.98 Å². The van der Waals surface area contributed by atoms with Crippen molar-refractivity contribution in [3.05, 3.63) is 41.6 Å². The van der Waals surface area contributed by atoms with Crippen LogP contribution in [-0.2, 0) is 0 Å². The Balaban J connectivity index is 0.000000381. The second kappa shape index (κ2) is 11.2. The van der Waals surface area contributed by atoms with Crippen molar-refractivity contribution in [3.8, 4) is 5.69 Å². The van der Waals surface area contributed by atoms with Crippen LogP contribution in [0.5, 0.6) is 0 Å². The van der Waals surface area contributed by atoms with Gasteiger partial charge in [0.2, 0.25) is 0 Å². The first kappa shape index (κ1) is 20.6. The van der Waals surface area contributed by atoms with E-state index in [2.05, 4.69) is 35.4 Å². The highest BCUT2D eigenvalue weighted by atomic mass is 15.1. The van der Waals surface area contributed by atoms with E-state index in [1.165, 1.54) is 32.1 Å². The summed E-state index contributed by atoms with van der Waals surface area (Å²) in [5.74, 6) is 0.382. The molecule has 0 radical (unpaired) electrons. The van der Waals surface area contributed by atoms with Crippen LogP contribution in [0.25, 0.3) is 18.1 Å². The predicted molar refractivity (Wildman–Crippen MR) is 107 cm³/mol. The average molecular weight is 342 g/mol. The van der Waals surface area contributed by atoms with Gasteiger partial charge in [-0.1, -0.05) is 52.5 Å². The van der Waals surface area contributed by atoms with Gasteiger partial charge in [0.1, 0.15) is 11.7 Å². The molecule has 2 rings (SSSR count). The minimum absolute atomic E-state index is 0.382. The van der Waals surface area contributed by atoms with Crippen molar-refractivity contribution in [2.24, 2.45) is 10.7 Å². The molecule has 0 unspecified atom stereocenters. The Hall–Kier alpha value is -2.43. The SMILES string of the molecule is C=c1/c(=C(/N)N=C(C)C)ncn1-c1ccncc1.CCCCCCC. The molecule has 5 heteroatoms. The van der Waals surface area contributed by atoms with Crippen LogP contribution in [0.2, 0.25) is 0 Å². The second-order valence-corrected chi connectivity index (χ2v) is 6.12. The first-order chi connectivity index (χ1) is 12.0. The summed E-state index contributed by atoms with van der Waals surface area (Å²) < 4.78 is 1.85. The molecule has 0 aliphatic rings. The smallest absolute Gasteiger partial charge is 0.151 e. The average Bonchev–Trinajstić information content (AvgIpc) is 2.98. The molecule has 25 heavy (non-hydrogen) atoms. The van der Waals surface area contributed by atoms with E-state index in [-0.39, 0.29) is 0 Å². The minimum atomic E-state index is 0.382. The quantitative estimate of drug-likeness (QED) is 0.648. The van der Waals surface area contributed by atoms with Gasteiger partial charge in [-0.2, -0.15) is 0 Å². The van der Waals surface area contributed by atoms with Gasteiger partial charge in [0.25, 0.3) is 0 Å². The fraction of sp³-hybridized carbons (Fsp3) is 0.450. The summed E-state index contributed by atoms with van der Waals surface area (Å²) in [6, 6.07) is 3.76. The van der Waals surface area contributed by atoms with Gasteiger partial charge in [0.15, 0.2) is 5.82 Å². The molecule has 136 valence electrons. The maximum Gasteiger partial charge on any atom is 0.151 e. The normalized spacial score (nSPS) is 11.4. The number of nitrogens with two attached hydrogens (primary N) is 1. The minimum Gasteiger partial charge on any atom is -0.382 e. The lowest BCUT2D eigenvalue weighted by Gasteiger charge is -2.00. The highest BCUT2D eigenvalue weighted by Crippen LogP contribution is 2.00. The molecule has 0 spiro atoms. The van der Waals surface area contributed by atoms with Crippen LogP contribution in [0.4, 0.5) is 0 Å². The lowest BCUT2D eigenvalue weighted by atomic mass is 10.2. The number of nitrogens with zero attached hydrogens (tertiary/aromatic N) is 4. The molecule has 0 aliphatic heterocycles. The number of hydrogen-bond acceptors (Lipinski definition) is 4. The van der Waals surface area contributed by atoms with Crippen LogP contribution in [0.1, 0.15) is 59.8 Å². The number of imidazole rings is 1. The van der Waals surface area contributed by atoms with Crippen molar-refractivity contribution in [3.63, 3.8) is 0 Å². The molecule has 0 aliphatic carbocycles. The lowest BCUT2D eigenvalue weighted by molar-refractivity contribution is 0.656. The third-order valence-electron chi connectivity index (χ3n) is 3.60. The van der Waals surface area contributed by atoms with Crippen molar-refractivity contribution in [1.82, 2.24) is 14.5 Å². The molecule has 2 aromatic heterocycles. The Bertz CT molecular complexity index is 751. The van der Waals surface area contributed by atoms with E-state index in [1.807, 2.05) is 30.5 Å². The fourth-order valence-electron chi connectivity index (χ4n) is 2.29. The number of pyridine rings is 1. The molecule has 0 aromatic carbocycles. The van der Waals surface area contributed by atoms with Crippen LogP contribution in [0, 0.1) is 0 Å². The van der Waals surface area contributed by atoms with Crippen molar-refractivity contribution >= 4 is 18.1 Å². The molecule has 5 nitrogen and oxygen atoms in total. The summed E-state index contributed by atoms with van der Waals surface area (Å²) in [6.45, 7) is 12.3. The molecule has 0 atom stereocenters. The zero-order chi connectivity index (χ0) is 18.7. The van der Waals surface area contributed by atoms with Gasteiger partial charge in [0, 0.05) is 18.1 Å². The number of aliphatic imine (C=N–C) groups is 1. The molecule has 0 bridgehead atoms. The first-order valence-electron chi connectivity index (χ1n) is 8.95. The van der Waals surface area contributed by atoms with Crippen LogP contribution in [0.3, 0.4) is 0 Å². The third-order valence-corrected chi connectivity index (χ3v) is 3.60. The topological polar surface area (TPSA) is 69.1 Å². The van der Waals surface area contributed by atoms with E-state index in [9.17, 15) is 0 Å². The Labute approximate surface area is 151 Å². The first-order valence-corrected chi connectivity index (χ1v) is 8.95. The highest BCUT2D eigenvalue weighted by molar-refractivity contribution is 5.82. The molecular weight excluding hydrogens is 310 g/mol. The summed E-state index contributed by atoms with van der Waals surface area (Å²) in [7, 11) is 0. The Morgan fingerprint density at radius 1 is 1.12 bits per heavy atom. The van der Waals surface area contributed by atoms with E-state index in [0.717, 1.165) is 11.4 Å². The Morgan fingerprint density at radius 3 is 2.24 bits per heavy atom. The van der Waals surface area contributed by atoms with E-state index >= 15 is 0 Å². The zero-order valence-electron chi connectivity index (χ0n) is 16.0. The van der Waals surface area contributed by atoms with Gasteiger partial charge in [-0.15, -0.1) is 0 Å². The predicted octanol–water partition coefficient (Wildman–Crippen LogP) is 3.16. The van der Waals surface area contributed by atoms with Gasteiger partial charge in [-0.05, 0) is 26.0 Å². The number of rotatable bonds is 6. The molecule has 2 heterocycles. The molecule has 0 amide bonds. The van der Waals surface area contributed by atoms with Crippen molar-refractivity contribution in [2.45, 2.75) is 59.8 Å². The molecule has 0 fully saturated rings. The van der Waals surface area contributed by atoms with Crippen LogP contribution < -0.4 is 16.4 Å². The Kier molecular flexibility index (Phi) is 9.22. The summed E-state index contributed by atoms with van der Waals surface area (Å²) >= 11 is 0. The molecular formula is C20H31N5. The number of unbranched alkanes of at least 4 members (excludes halogenated alkanes) is 4. The Morgan fingerprint density at radius 2 is 1.72 bits per heavy atom. The molecule has 2 N–H and O–H groups in total. The summed E-state index contributed by atoms with van der Waals surface area (Å²) in [5.41, 5.74) is 7.71. The number of hydrogen-bond donors (Lipinski definition) is 1. The second-order valence-electron chi connectivity index (χ2n) is 6.12. The van der Waals surface area contributed by atoms with Gasteiger partial charge < -0.3 is 5.73 Å². The fourth-order valence-corrected chi connectivity index (χ4v) is 2.29. The monoisotopic (exact) mass is 341 g/mol. The summed E-state index contributed by atoms with van der Waals surface area (Å²) in [6.07, 6.45) is 12.1. The molecule has 0 saturated heterocycles. The van der Waals surface area contributed by atoms with Crippen molar-refractivity contribution in [1.29, 1.82) is 0 Å². The largest absolute Gasteiger partial charge is 0.382 e. The van der Waals surface area contributed by atoms with Crippen molar-refractivity contribution in [2.75, 3.05) is 0 Å². The van der Waals surface area contributed by atoms with Crippen LogP contribution in [-0.4, -0.2) is 20.2 Å². The van der Waals surface area contributed by atoms with Crippen molar-refractivity contribution < 1.29 is 0 Å². The van der Waals surface area contributed by atoms with E-state index in [4.69, 9.17) is 5.73 Å². The zero-order valence-corrected chi connectivity index (χ0v) is 16.0. The van der Waals surface area contributed by atoms with Gasteiger partial charge >= 0.3 is 0 Å². The van der Waals surface area contributed by atoms with Gasteiger partial charge in [0.05, 0.1) is 11.0 Å². The van der Waals surface area contributed by atoms with E-state index < -0.39 is 0 Å².